The van der Waals surface area contributed by atoms with E-state index >= 15 is 0 Å². The van der Waals surface area contributed by atoms with E-state index in [1.165, 1.54) is 0 Å². The zero-order valence-corrected chi connectivity index (χ0v) is 15.0. The molecule has 0 aromatic heterocycles. The monoisotopic (exact) mass is 358 g/mol. The van der Waals surface area contributed by atoms with Crippen molar-refractivity contribution in [1.82, 2.24) is 0 Å². The summed E-state index contributed by atoms with van der Waals surface area (Å²) in [4.78, 5) is 0. The van der Waals surface area contributed by atoms with Gasteiger partial charge in [0.15, 0.2) is 6.29 Å². The summed E-state index contributed by atoms with van der Waals surface area (Å²) in [6, 6.07) is 19.9. The molecule has 4 atom stereocenters. The van der Waals surface area contributed by atoms with Gasteiger partial charge in [0.25, 0.3) is 0 Å². The molecular weight excluding hydrogens is 332 g/mol. The van der Waals surface area contributed by atoms with Gasteiger partial charge in [-0.1, -0.05) is 60.7 Å². The molecule has 1 aliphatic heterocycles. The summed E-state index contributed by atoms with van der Waals surface area (Å²) in [5.74, 6) is 0. The molecule has 2 aromatic carbocycles. The number of ether oxygens (including phenoxy) is 4. The number of aliphatic hydroxyl groups is 1. The molecule has 1 saturated heterocycles. The van der Waals surface area contributed by atoms with E-state index in [4.69, 9.17) is 18.9 Å². The van der Waals surface area contributed by atoms with Gasteiger partial charge in [-0.05, 0) is 11.1 Å². The highest BCUT2D eigenvalue weighted by Gasteiger charge is 2.40. The SMILES string of the molecule is CO[C@@H]1C[C@@H](OCc2ccccc2)[C@@H](OCc2ccccc2)[C@@H](CO)O1. The molecule has 140 valence electrons. The average Bonchev–Trinajstić information content (AvgIpc) is 2.72. The summed E-state index contributed by atoms with van der Waals surface area (Å²) >= 11 is 0. The lowest BCUT2D eigenvalue weighted by Gasteiger charge is -2.40. The van der Waals surface area contributed by atoms with Gasteiger partial charge >= 0.3 is 0 Å². The molecule has 0 saturated carbocycles. The molecule has 2 aromatic rings. The van der Waals surface area contributed by atoms with Gasteiger partial charge < -0.3 is 24.1 Å². The van der Waals surface area contributed by atoms with Crippen LogP contribution in [0.25, 0.3) is 0 Å². The van der Waals surface area contributed by atoms with Crippen molar-refractivity contribution in [2.75, 3.05) is 13.7 Å². The largest absolute Gasteiger partial charge is 0.394 e. The second kappa shape index (κ2) is 9.80. The van der Waals surface area contributed by atoms with E-state index in [2.05, 4.69) is 0 Å². The number of hydrogen-bond donors (Lipinski definition) is 1. The minimum absolute atomic E-state index is 0.148. The molecule has 1 fully saturated rings. The van der Waals surface area contributed by atoms with Gasteiger partial charge in [0.1, 0.15) is 12.2 Å². The summed E-state index contributed by atoms with van der Waals surface area (Å²) in [7, 11) is 1.60. The lowest BCUT2D eigenvalue weighted by Crippen LogP contribution is -2.52. The molecule has 0 bridgehead atoms. The van der Waals surface area contributed by atoms with Crippen molar-refractivity contribution in [3.63, 3.8) is 0 Å². The molecule has 3 rings (SSSR count). The van der Waals surface area contributed by atoms with Crippen molar-refractivity contribution in [3.05, 3.63) is 71.8 Å². The first kappa shape index (κ1) is 19.0. The third-order valence-electron chi connectivity index (χ3n) is 4.52. The Hall–Kier alpha value is -1.76. The topological polar surface area (TPSA) is 57.2 Å². The van der Waals surface area contributed by atoms with Crippen LogP contribution in [-0.4, -0.2) is 43.4 Å². The molecule has 0 amide bonds. The molecule has 5 heteroatoms. The number of aliphatic hydroxyl groups excluding tert-OH is 1. The number of rotatable bonds is 8. The van der Waals surface area contributed by atoms with E-state index in [0.717, 1.165) is 11.1 Å². The highest BCUT2D eigenvalue weighted by Crippen LogP contribution is 2.27. The maximum absolute atomic E-state index is 9.76. The lowest BCUT2D eigenvalue weighted by atomic mass is 10.0. The zero-order chi connectivity index (χ0) is 18.2. The first-order valence-corrected chi connectivity index (χ1v) is 8.90. The van der Waals surface area contributed by atoms with Crippen molar-refractivity contribution in [1.29, 1.82) is 0 Å². The smallest absolute Gasteiger partial charge is 0.160 e. The third kappa shape index (κ3) is 5.13. The van der Waals surface area contributed by atoms with E-state index in [1.807, 2.05) is 60.7 Å². The molecule has 5 nitrogen and oxygen atoms in total. The zero-order valence-electron chi connectivity index (χ0n) is 15.0. The minimum atomic E-state index is -0.488. The van der Waals surface area contributed by atoms with Gasteiger partial charge in [-0.25, -0.2) is 0 Å². The first-order valence-electron chi connectivity index (χ1n) is 8.90. The Morgan fingerprint density at radius 1 is 0.923 bits per heavy atom. The minimum Gasteiger partial charge on any atom is -0.394 e. The van der Waals surface area contributed by atoms with Crippen LogP contribution in [0.5, 0.6) is 0 Å². The highest BCUT2D eigenvalue weighted by atomic mass is 16.7. The van der Waals surface area contributed by atoms with Gasteiger partial charge in [0.2, 0.25) is 0 Å². The highest BCUT2D eigenvalue weighted by molar-refractivity contribution is 5.14. The van der Waals surface area contributed by atoms with E-state index in [1.54, 1.807) is 7.11 Å². The number of hydrogen-bond acceptors (Lipinski definition) is 5. The fourth-order valence-corrected chi connectivity index (χ4v) is 3.11. The predicted octanol–water partition coefficient (Wildman–Crippen LogP) is 2.91. The van der Waals surface area contributed by atoms with Gasteiger partial charge in [-0.15, -0.1) is 0 Å². The Kier molecular flexibility index (Phi) is 7.17. The van der Waals surface area contributed by atoms with E-state index < -0.39 is 12.4 Å². The van der Waals surface area contributed by atoms with Crippen LogP contribution < -0.4 is 0 Å². The van der Waals surface area contributed by atoms with Gasteiger partial charge in [-0.2, -0.15) is 0 Å². The quantitative estimate of drug-likeness (QED) is 0.786. The molecule has 26 heavy (non-hydrogen) atoms. The molecule has 1 aliphatic rings. The van der Waals surface area contributed by atoms with Crippen LogP contribution in [0, 0.1) is 0 Å². The Balaban J connectivity index is 1.67. The van der Waals surface area contributed by atoms with Gasteiger partial charge in [-0.3, -0.25) is 0 Å². The standard InChI is InChI=1S/C21H26O5/c1-23-20-12-18(24-14-16-8-4-2-5-9-16)21(19(13-22)26-20)25-15-17-10-6-3-7-11-17/h2-11,18-22H,12-15H2,1H3/t18-,19-,20+,21-/m1/s1. The Labute approximate surface area is 154 Å². The fourth-order valence-electron chi connectivity index (χ4n) is 3.11. The molecule has 0 radical (unpaired) electrons. The van der Waals surface area contributed by atoms with Crippen LogP contribution in [0.1, 0.15) is 17.5 Å². The van der Waals surface area contributed by atoms with Crippen molar-refractivity contribution >= 4 is 0 Å². The lowest BCUT2D eigenvalue weighted by molar-refractivity contribution is -0.269. The molecule has 1 N–H and O–H groups in total. The number of benzene rings is 2. The Morgan fingerprint density at radius 2 is 1.50 bits per heavy atom. The van der Waals surface area contributed by atoms with Crippen molar-refractivity contribution < 1.29 is 24.1 Å². The fraction of sp³-hybridized carbons (Fsp3) is 0.429. The van der Waals surface area contributed by atoms with Crippen molar-refractivity contribution in [2.24, 2.45) is 0 Å². The van der Waals surface area contributed by atoms with Crippen LogP contribution in [0.3, 0.4) is 0 Å². The summed E-state index contributed by atoms with van der Waals surface area (Å²) in [6.07, 6.45) is -0.938. The van der Waals surface area contributed by atoms with Crippen LogP contribution in [0.15, 0.2) is 60.7 Å². The van der Waals surface area contributed by atoms with Crippen LogP contribution in [-0.2, 0) is 32.2 Å². The van der Waals surface area contributed by atoms with Crippen LogP contribution in [0.2, 0.25) is 0 Å². The summed E-state index contributed by atoms with van der Waals surface area (Å²) < 4.78 is 23.4. The summed E-state index contributed by atoms with van der Waals surface area (Å²) in [5, 5.41) is 9.76. The number of methoxy groups -OCH3 is 1. The molecular formula is C21H26O5. The maximum atomic E-state index is 9.76. The van der Waals surface area contributed by atoms with Crippen molar-refractivity contribution in [2.45, 2.75) is 44.2 Å². The maximum Gasteiger partial charge on any atom is 0.160 e. The van der Waals surface area contributed by atoms with Crippen LogP contribution in [0.4, 0.5) is 0 Å². The predicted molar refractivity (Wildman–Crippen MR) is 97.4 cm³/mol. The van der Waals surface area contributed by atoms with E-state index in [9.17, 15) is 5.11 Å². The molecule has 0 aliphatic carbocycles. The van der Waals surface area contributed by atoms with Gasteiger partial charge in [0, 0.05) is 13.5 Å². The second-order valence-electron chi connectivity index (χ2n) is 6.35. The molecule has 0 spiro atoms. The summed E-state index contributed by atoms with van der Waals surface area (Å²) in [5.41, 5.74) is 2.16. The van der Waals surface area contributed by atoms with E-state index in [-0.39, 0.29) is 18.8 Å². The third-order valence-corrected chi connectivity index (χ3v) is 4.52. The average molecular weight is 358 g/mol. The van der Waals surface area contributed by atoms with Gasteiger partial charge in [0.05, 0.1) is 25.9 Å². The Bertz CT molecular complexity index is 633. The summed E-state index contributed by atoms with van der Waals surface area (Å²) in [6.45, 7) is 0.768. The van der Waals surface area contributed by atoms with Crippen molar-refractivity contribution in [3.8, 4) is 0 Å². The first-order chi connectivity index (χ1) is 12.8. The molecule has 1 heterocycles. The van der Waals surface area contributed by atoms with Crippen LogP contribution >= 0.6 is 0 Å². The second-order valence-corrected chi connectivity index (χ2v) is 6.35. The molecule has 0 unspecified atom stereocenters. The normalized spacial score (nSPS) is 25.9. The Morgan fingerprint density at radius 3 is 2.04 bits per heavy atom. The van der Waals surface area contributed by atoms with E-state index in [0.29, 0.717) is 19.6 Å².